The largest absolute Gasteiger partial charge is 0.495 e. The van der Waals surface area contributed by atoms with E-state index >= 15 is 0 Å². The number of aromatic nitrogens is 2. The van der Waals surface area contributed by atoms with Crippen LogP contribution in [0.4, 0.5) is 4.39 Å². The molecule has 108 valence electrons. The van der Waals surface area contributed by atoms with Gasteiger partial charge in [-0.25, -0.2) is 9.37 Å². The van der Waals surface area contributed by atoms with Crippen molar-refractivity contribution in [2.75, 3.05) is 20.4 Å². The lowest BCUT2D eigenvalue weighted by Gasteiger charge is -2.03. The van der Waals surface area contributed by atoms with Crippen molar-refractivity contribution in [1.82, 2.24) is 9.38 Å². The predicted molar refractivity (Wildman–Crippen MR) is 78.7 cm³/mol. The van der Waals surface area contributed by atoms with E-state index in [0.717, 1.165) is 22.7 Å². The maximum Gasteiger partial charge on any atom is 0.137 e. The zero-order valence-electron chi connectivity index (χ0n) is 11.6. The molecule has 0 aliphatic carbocycles. The topological polar surface area (TPSA) is 35.8 Å². The van der Waals surface area contributed by atoms with Crippen molar-refractivity contribution in [3.63, 3.8) is 0 Å². The Kier molecular flexibility index (Phi) is 3.73. The van der Waals surface area contributed by atoms with Crippen molar-refractivity contribution in [2.24, 2.45) is 0 Å². The number of benzene rings is 1. The molecule has 0 spiro atoms. The standard InChI is InChI=1S/C16H15FN2O2/c1-20-14-6-7-16-18-15(11-19(16)10-14)12-2-4-13(5-3-12)21-9-8-17/h2-7,10-11H,8-9H2,1H3. The average Bonchev–Trinajstić information content (AvgIpc) is 2.96. The molecular formula is C16H15FN2O2. The number of alkyl halides is 1. The summed E-state index contributed by atoms with van der Waals surface area (Å²) in [7, 11) is 1.63. The van der Waals surface area contributed by atoms with Gasteiger partial charge in [-0.3, -0.25) is 0 Å². The van der Waals surface area contributed by atoms with Crippen LogP contribution in [0.15, 0.2) is 48.8 Å². The first-order valence-corrected chi connectivity index (χ1v) is 6.62. The van der Waals surface area contributed by atoms with Crippen LogP contribution in [0.1, 0.15) is 0 Å². The predicted octanol–water partition coefficient (Wildman–Crippen LogP) is 3.36. The molecule has 0 fully saturated rings. The monoisotopic (exact) mass is 286 g/mol. The third-order valence-corrected chi connectivity index (χ3v) is 3.16. The molecule has 2 aromatic heterocycles. The third kappa shape index (κ3) is 2.81. The average molecular weight is 286 g/mol. The number of nitrogens with zero attached hydrogens (tertiary/aromatic N) is 2. The fourth-order valence-electron chi connectivity index (χ4n) is 2.11. The summed E-state index contributed by atoms with van der Waals surface area (Å²) in [5.41, 5.74) is 2.69. The molecule has 0 N–H and O–H groups in total. The number of ether oxygens (including phenoxy) is 2. The molecule has 0 saturated carbocycles. The summed E-state index contributed by atoms with van der Waals surface area (Å²) >= 11 is 0. The number of rotatable bonds is 5. The lowest BCUT2D eigenvalue weighted by molar-refractivity contribution is 0.273. The number of halogens is 1. The summed E-state index contributed by atoms with van der Waals surface area (Å²) < 4.78 is 24.4. The summed E-state index contributed by atoms with van der Waals surface area (Å²) in [6.07, 6.45) is 3.82. The van der Waals surface area contributed by atoms with Crippen LogP contribution >= 0.6 is 0 Å². The van der Waals surface area contributed by atoms with Crippen molar-refractivity contribution in [3.8, 4) is 22.8 Å². The van der Waals surface area contributed by atoms with E-state index in [4.69, 9.17) is 9.47 Å². The Morgan fingerprint density at radius 2 is 1.81 bits per heavy atom. The molecule has 0 radical (unpaired) electrons. The van der Waals surface area contributed by atoms with Crippen molar-refractivity contribution < 1.29 is 13.9 Å². The van der Waals surface area contributed by atoms with E-state index < -0.39 is 6.67 Å². The molecule has 0 bridgehead atoms. The highest BCUT2D eigenvalue weighted by Crippen LogP contribution is 2.23. The van der Waals surface area contributed by atoms with Gasteiger partial charge in [-0.05, 0) is 36.4 Å². The van der Waals surface area contributed by atoms with Crippen LogP contribution in [-0.4, -0.2) is 29.8 Å². The fourth-order valence-corrected chi connectivity index (χ4v) is 2.11. The summed E-state index contributed by atoms with van der Waals surface area (Å²) in [5, 5.41) is 0. The van der Waals surface area contributed by atoms with Gasteiger partial charge in [-0.1, -0.05) is 0 Å². The number of imidazole rings is 1. The Balaban J connectivity index is 1.89. The van der Waals surface area contributed by atoms with Crippen LogP contribution in [-0.2, 0) is 0 Å². The van der Waals surface area contributed by atoms with Gasteiger partial charge in [0.15, 0.2) is 0 Å². The lowest BCUT2D eigenvalue weighted by atomic mass is 10.2. The minimum Gasteiger partial charge on any atom is -0.495 e. The third-order valence-electron chi connectivity index (χ3n) is 3.16. The molecule has 5 heteroatoms. The molecular weight excluding hydrogens is 271 g/mol. The highest BCUT2D eigenvalue weighted by molar-refractivity contribution is 5.63. The summed E-state index contributed by atoms with van der Waals surface area (Å²) in [4.78, 5) is 4.56. The molecule has 1 aromatic carbocycles. The van der Waals surface area contributed by atoms with Gasteiger partial charge in [0.25, 0.3) is 0 Å². The number of fused-ring (bicyclic) bond motifs is 1. The minimum atomic E-state index is -0.490. The van der Waals surface area contributed by atoms with E-state index in [0.29, 0.717) is 5.75 Å². The molecule has 4 nitrogen and oxygen atoms in total. The first-order valence-electron chi connectivity index (χ1n) is 6.62. The van der Waals surface area contributed by atoms with E-state index in [2.05, 4.69) is 4.98 Å². The van der Waals surface area contributed by atoms with Crippen LogP contribution in [0, 0.1) is 0 Å². The van der Waals surface area contributed by atoms with Crippen LogP contribution in [0.3, 0.4) is 0 Å². The lowest BCUT2D eigenvalue weighted by Crippen LogP contribution is -1.98. The highest BCUT2D eigenvalue weighted by Gasteiger charge is 2.05. The quantitative estimate of drug-likeness (QED) is 0.721. The molecule has 3 rings (SSSR count). The molecule has 0 aliphatic heterocycles. The minimum absolute atomic E-state index is 0.0769. The maximum atomic E-state index is 12.1. The van der Waals surface area contributed by atoms with Gasteiger partial charge >= 0.3 is 0 Å². The SMILES string of the molecule is COc1ccc2nc(-c3ccc(OCCF)cc3)cn2c1. The second kappa shape index (κ2) is 5.83. The highest BCUT2D eigenvalue weighted by atomic mass is 19.1. The zero-order chi connectivity index (χ0) is 14.7. The van der Waals surface area contributed by atoms with Crippen LogP contribution in [0.5, 0.6) is 11.5 Å². The van der Waals surface area contributed by atoms with Crippen LogP contribution in [0.2, 0.25) is 0 Å². The van der Waals surface area contributed by atoms with Gasteiger partial charge in [-0.15, -0.1) is 0 Å². The Labute approximate surface area is 121 Å². The van der Waals surface area contributed by atoms with Crippen molar-refractivity contribution in [3.05, 3.63) is 48.8 Å². The van der Waals surface area contributed by atoms with Gasteiger partial charge in [0, 0.05) is 11.8 Å². The van der Waals surface area contributed by atoms with Crippen molar-refractivity contribution >= 4 is 5.65 Å². The Bertz CT molecular complexity index is 738. The zero-order valence-corrected chi connectivity index (χ0v) is 11.6. The molecule has 0 aliphatic rings. The molecule has 0 unspecified atom stereocenters. The Morgan fingerprint density at radius 1 is 1.05 bits per heavy atom. The van der Waals surface area contributed by atoms with Gasteiger partial charge in [-0.2, -0.15) is 0 Å². The number of hydrogen-bond donors (Lipinski definition) is 0. The van der Waals surface area contributed by atoms with E-state index in [1.165, 1.54) is 0 Å². The summed E-state index contributed by atoms with van der Waals surface area (Å²) in [5.74, 6) is 1.43. The van der Waals surface area contributed by atoms with E-state index in [-0.39, 0.29) is 6.61 Å². The van der Waals surface area contributed by atoms with Gasteiger partial charge in [0.2, 0.25) is 0 Å². The van der Waals surface area contributed by atoms with Gasteiger partial charge < -0.3 is 13.9 Å². The molecule has 21 heavy (non-hydrogen) atoms. The molecule has 3 aromatic rings. The Morgan fingerprint density at radius 3 is 2.52 bits per heavy atom. The first-order chi connectivity index (χ1) is 10.3. The normalized spacial score (nSPS) is 10.8. The molecule has 0 amide bonds. The summed E-state index contributed by atoms with van der Waals surface area (Å²) in [6, 6.07) is 11.2. The van der Waals surface area contributed by atoms with E-state index in [1.54, 1.807) is 7.11 Å². The van der Waals surface area contributed by atoms with Gasteiger partial charge in [0.1, 0.15) is 30.4 Å². The fraction of sp³-hybridized carbons (Fsp3) is 0.188. The van der Waals surface area contributed by atoms with E-state index in [1.807, 2.05) is 53.2 Å². The molecule has 0 saturated heterocycles. The van der Waals surface area contributed by atoms with Crippen molar-refractivity contribution in [1.29, 1.82) is 0 Å². The van der Waals surface area contributed by atoms with Crippen molar-refractivity contribution in [2.45, 2.75) is 0 Å². The number of hydrogen-bond acceptors (Lipinski definition) is 3. The second-order valence-corrected chi connectivity index (χ2v) is 4.52. The number of methoxy groups -OCH3 is 1. The first kappa shape index (κ1) is 13.4. The van der Waals surface area contributed by atoms with Gasteiger partial charge in [0.05, 0.1) is 19.0 Å². The van der Waals surface area contributed by atoms with Crippen LogP contribution < -0.4 is 9.47 Å². The number of pyridine rings is 1. The molecule has 0 atom stereocenters. The molecule has 2 heterocycles. The smallest absolute Gasteiger partial charge is 0.137 e. The second-order valence-electron chi connectivity index (χ2n) is 4.52. The summed E-state index contributed by atoms with van der Waals surface area (Å²) in [6.45, 7) is -0.413. The Hall–Kier alpha value is -2.56. The van der Waals surface area contributed by atoms with E-state index in [9.17, 15) is 4.39 Å². The maximum absolute atomic E-state index is 12.1. The van der Waals surface area contributed by atoms with Crippen LogP contribution in [0.25, 0.3) is 16.9 Å².